The number of ether oxygens (including phenoxy) is 1. The molecule has 1 unspecified atom stereocenters. The second kappa shape index (κ2) is 6.36. The van der Waals surface area contributed by atoms with Gasteiger partial charge in [-0.2, -0.15) is 0 Å². The van der Waals surface area contributed by atoms with Crippen molar-refractivity contribution in [2.24, 2.45) is 0 Å². The SMILES string of the molecule is CC(C)(C)NCC1CCCN1CCOC(C)(C)C. The van der Waals surface area contributed by atoms with E-state index in [4.69, 9.17) is 4.74 Å². The van der Waals surface area contributed by atoms with Crippen molar-refractivity contribution in [2.45, 2.75) is 71.6 Å². The lowest BCUT2D eigenvalue weighted by molar-refractivity contribution is -0.0144. The van der Waals surface area contributed by atoms with Crippen LogP contribution in [0, 0.1) is 0 Å². The summed E-state index contributed by atoms with van der Waals surface area (Å²) >= 11 is 0. The Morgan fingerprint density at radius 1 is 1.17 bits per heavy atom. The van der Waals surface area contributed by atoms with E-state index in [1.807, 2.05) is 0 Å². The van der Waals surface area contributed by atoms with Gasteiger partial charge in [-0.1, -0.05) is 0 Å². The van der Waals surface area contributed by atoms with Crippen LogP contribution in [0.1, 0.15) is 54.4 Å². The third kappa shape index (κ3) is 6.72. The third-order valence-corrected chi connectivity index (χ3v) is 3.28. The lowest BCUT2D eigenvalue weighted by Gasteiger charge is -2.30. The summed E-state index contributed by atoms with van der Waals surface area (Å²) in [6.07, 6.45) is 2.64. The summed E-state index contributed by atoms with van der Waals surface area (Å²) in [5.41, 5.74) is 0.203. The van der Waals surface area contributed by atoms with Gasteiger partial charge in [0.05, 0.1) is 12.2 Å². The van der Waals surface area contributed by atoms with Gasteiger partial charge in [0.1, 0.15) is 0 Å². The number of hydrogen-bond acceptors (Lipinski definition) is 3. The summed E-state index contributed by atoms with van der Waals surface area (Å²) in [7, 11) is 0. The van der Waals surface area contributed by atoms with Crippen LogP contribution in [0.4, 0.5) is 0 Å². The lowest BCUT2D eigenvalue weighted by atomic mass is 10.1. The average molecular weight is 256 g/mol. The molecule has 0 spiro atoms. The van der Waals surface area contributed by atoms with E-state index in [-0.39, 0.29) is 11.1 Å². The molecular weight excluding hydrogens is 224 g/mol. The molecule has 0 amide bonds. The molecule has 108 valence electrons. The van der Waals surface area contributed by atoms with Crippen molar-refractivity contribution in [1.82, 2.24) is 10.2 Å². The zero-order valence-electron chi connectivity index (χ0n) is 13.2. The van der Waals surface area contributed by atoms with Gasteiger partial charge in [-0.25, -0.2) is 0 Å². The number of likely N-dealkylation sites (tertiary alicyclic amines) is 1. The summed E-state index contributed by atoms with van der Waals surface area (Å²) < 4.78 is 5.82. The number of rotatable bonds is 5. The van der Waals surface area contributed by atoms with Crippen LogP contribution < -0.4 is 5.32 Å². The number of nitrogens with zero attached hydrogens (tertiary/aromatic N) is 1. The van der Waals surface area contributed by atoms with Crippen molar-refractivity contribution < 1.29 is 4.74 Å². The zero-order chi connectivity index (χ0) is 13.8. The highest BCUT2D eigenvalue weighted by atomic mass is 16.5. The molecule has 3 nitrogen and oxygen atoms in total. The molecular formula is C15H32N2O. The van der Waals surface area contributed by atoms with Crippen LogP contribution in [-0.2, 0) is 4.74 Å². The molecule has 0 aromatic heterocycles. The summed E-state index contributed by atoms with van der Waals surface area (Å²) in [5.74, 6) is 0. The molecule has 18 heavy (non-hydrogen) atoms. The summed E-state index contributed by atoms with van der Waals surface area (Å²) in [5, 5.41) is 3.62. The van der Waals surface area contributed by atoms with Gasteiger partial charge in [-0.15, -0.1) is 0 Å². The van der Waals surface area contributed by atoms with Crippen LogP contribution in [0.3, 0.4) is 0 Å². The largest absolute Gasteiger partial charge is 0.375 e. The molecule has 1 N–H and O–H groups in total. The molecule has 1 heterocycles. The smallest absolute Gasteiger partial charge is 0.0600 e. The average Bonchev–Trinajstić information content (AvgIpc) is 2.59. The summed E-state index contributed by atoms with van der Waals surface area (Å²) in [6, 6.07) is 0.688. The van der Waals surface area contributed by atoms with Gasteiger partial charge in [0.25, 0.3) is 0 Å². The molecule has 1 fully saturated rings. The van der Waals surface area contributed by atoms with E-state index in [0.717, 1.165) is 19.7 Å². The molecule has 1 saturated heterocycles. The Balaban J connectivity index is 2.27. The van der Waals surface area contributed by atoms with Crippen molar-refractivity contribution in [3.05, 3.63) is 0 Å². The minimum Gasteiger partial charge on any atom is -0.375 e. The van der Waals surface area contributed by atoms with Gasteiger partial charge in [0, 0.05) is 24.7 Å². The number of hydrogen-bond donors (Lipinski definition) is 1. The maximum Gasteiger partial charge on any atom is 0.0600 e. The Bertz CT molecular complexity index is 240. The Morgan fingerprint density at radius 2 is 1.83 bits per heavy atom. The van der Waals surface area contributed by atoms with E-state index in [2.05, 4.69) is 51.8 Å². The maximum absolute atomic E-state index is 5.82. The second-order valence-electron chi connectivity index (χ2n) is 7.42. The van der Waals surface area contributed by atoms with E-state index < -0.39 is 0 Å². The quantitative estimate of drug-likeness (QED) is 0.818. The van der Waals surface area contributed by atoms with Crippen molar-refractivity contribution in [2.75, 3.05) is 26.2 Å². The minimum atomic E-state index is -0.0150. The molecule has 0 radical (unpaired) electrons. The van der Waals surface area contributed by atoms with E-state index in [0.29, 0.717) is 6.04 Å². The van der Waals surface area contributed by atoms with Crippen LogP contribution in [0.25, 0.3) is 0 Å². The minimum absolute atomic E-state index is 0.0150. The van der Waals surface area contributed by atoms with Crippen molar-refractivity contribution in [1.29, 1.82) is 0 Å². The number of nitrogens with one attached hydrogen (secondary N) is 1. The van der Waals surface area contributed by atoms with Crippen LogP contribution >= 0.6 is 0 Å². The van der Waals surface area contributed by atoms with Gasteiger partial charge in [-0.05, 0) is 60.9 Å². The van der Waals surface area contributed by atoms with Crippen LogP contribution in [0.2, 0.25) is 0 Å². The van der Waals surface area contributed by atoms with E-state index >= 15 is 0 Å². The van der Waals surface area contributed by atoms with Gasteiger partial charge >= 0.3 is 0 Å². The van der Waals surface area contributed by atoms with Crippen molar-refractivity contribution in [3.8, 4) is 0 Å². The highest BCUT2D eigenvalue weighted by Crippen LogP contribution is 2.17. The van der Waals surface area contributed by atoms with Crippen LogP contribution in [0.5, 0.6) is 0 Å². The topological polar surface area (TPSA) is 24.5 Å². The molecule has 0 aromatic carbocycles. The summed E-state index contributed by atoms with van der Waals surface area (Å²) in [4.78, 5) is 2.57. The Hall–Kier alpha value is -0.120. The van der Waals surface area contributed by atoms with E-state index in [1.165, 1.54) is 19.4 Å². The first-order valence-corrected chi connectivity index (χ1v) is 7.30. The van der Waals surface area contributed by atoms with Gasteiger partial charge in [0.2, 0.25) is 0 Å². The monoisotopic (exact) mass is 256 g/mol. The molecule has 1 aliphatic rings. The molecule has 0 aromatic rings. The maximum atomic E-state index is 5.82. The molecule has 0 aliphatic carbocycles. The highest BCUT2D eigenvalue weighted by Gasteiger charge is 2.25. The van der Waals surface area contributed by atoms with Crippen molar-refractivity contribution >= 4 is 0 Å². The van der Waals surface area contributed by atoms with E-state index in [9.17, 15) is 0 Å². The Labute approximate surface area is 113 Å². The predicted octanol–water partition coefficient (Wildman–Crippen LogP) is 2.65. The Kier molecular flexibility index (Phi) is 5.63. The first-order valence-electron chi connectivity index (χ1n) is 7.30. The lowest BCUT2D eigenvalue weighted by Crippen LogP contribution is -2.46. The predicted molar refractivity (Wildman–Crippen MR) is 78.1 cm³/mol. The molecule has 0 saturated carbocycles. The van der Waals surface area contributed by atoms with Crippen LogP contribution in [-0.4, -0.2) is 48.3 Å². The first-order chi connectivity index (χ1) is 8.17. The van der Waals surface area contributed by atoms with Gasteiger partial charge in [-0.3, -0.25) is 4.90 Å². The first kappa shape index (κ1) is 15.9. The molecule has 3 heteroatoms. The fraction of sp³-hybridized carbons (Fsp3) is 1.00. The molecule has 0 bridgehead atoms. The normalized spacial score (nSPS) is 22.7. The zero-order valence-corrected chi connectivity index (χ0v) is 13.2. The summed E-state index contributed by atoms with van der Waals surface area (Å²) in [6.45, 7) is 17.3. The second-order valence-corrected chi connectivity index (χ2v) is 7.42. The molecule has 1 aliphatic heterocycles. The Morgan fingerprint density at radius 3 is 2.39 bits per heavy atom. The van der Waals surface area contributed by atoms with Crippen molar-refractivity contribution in [3.63, 3.8) is 0 Å². The highest BCUT2D eigenvalue weighted by molar-refractivity contribution is 4.83. The fourth-order valence-electron chi connectivity index (χ4n) is 2.31. The molecule has 1 rings (SSSR count). The molecule has 1 atom stereocenters. The standard InChI is InChI=1S/C15H32N2O/c1-14(2,3)16-12-13-8-7-9-17(13)10-11-18-15(4,5)6/h13,16H,7-12H2,1-6H3. The third-order valence-electron chi connectivity index (χ3n) is 3.28. The van der Waals surface area contributed by atoms with Gasteiger partial charge in [0.15, 0.2) is 0 Å². The van der Waals surface area contributed by atoms with Gasteiger partial charge < -0.3 is 10.1 Å². The van der Waals surface area contributed by atoms with E-state index in [1.54, 1.807) is 0 Å². The fourth-order valence-corrected chi connectivity index (χ4v) is 2.31. The van der Waals surface area contributed by atoms with Crippen LogP contribution in [0.15, 0.2) is 0 Å².